The fourth-order valence-electron chi connectivity index (χ4n) is 2.20. The first-order valence-corrected chi connectivity index (χ1v) is 9.98. The summed E-state index contributed by atoms with van der Waals surface area (Å²) in [7, 11) is -1.50. The van der Waals surface area contributed by atoms with Crippen molar-refractivity contribution in [2.24, 2.45) is 12.0 Å². The SMILES string of the molecule is Cn1c(=NC(=O)c2ccc(Cl)cc2)sc2cc(S(C)(=O)=O)ccc21. The Balaban J connectivity index is 2.11. The average molecular weight is 381 g/mol. The molecule has 8 heteroatoms. The maximum Gasteiger partial charge on any atom is 0.279 e. The zero-order valence-corrected chi connectivity index (χ0v) is 15.2. The minimum atomic E-state index is -3.28. The number of amides is 1. The molecule has 0 saturated carbocycles. The first kappa shape index (κ1) is 16.9. The van der Waals surface area contributed by atoms with Gasteiger partial charge in [-0.15, -0.1) is 0 Å². The van der Waals surface area contributed by atoms with E-state index in [1.54, 1.807) is 54.1 Å². The van der Waals surface area contributed by atoms with Gasteiger partial charge in [-0.1, -0.05) is 22.9 Å². The second kappa shape index (κ2) is 6.16. The summed E-state index contributed by atoms with van der Waals surface area (Å²) >= 11 is 7.08. The molecule has 0 spiro atoms. The highest BCUT2D eigenvalue weighted by Gasteiger charge is 2.11. The summed E-state index contributed by atoms with van der Waals surface area (Å²) < 4.78 is 25.9. The van der Waals surface area contributed by atoms with Crippen molar-refractivity contribution < 1.29 is 13.2 Å². The number of hydrogen-bond acceptors (Lipinski definition) is 4. The highest BCUT2D eigenvalue weighted by Crippen LogP contribution is 2.21. The van der Waals surface area contributed by atoms with Crippen LogP contribution >= 0.6 is 22.9 Å². The number of rotatable bonds is 2. The molecule has 24 heavy (non-hydrogen) atoms. The summed E-state index contributed by atoms with van der Waals surface area (Å²) in [6, 6.07) is 11.4. The van der Waals surface area contributed by atoms with Gasteiger partial charge in [0.2, 0.25) is 0 Å². The summed E-state index contributed by atoms with van der Waals surface area (Å²) in [4.78, 5) is 17.1. The minimum absolute atomic E-state index is 0.243. The zero-order valence-electron chi connectivity index (χ0n) is 12.9. The molecular formula is C16H13ClN2O3S2. The minimum Gasteiger partial charge on any atom is -0.319 e. The number of hydrogen-bond donors (Lipinski definition) is 0. The number of carbonyl (C=O) groups is 1. The van der Waals surface area contributed by atoms with Crippen LogP contribution in [0.15, 0.2) is 52.4 Å². The highest BCUT2D eigenvalue weighted by molar-refractivity contribution is 7.90. The van der Waals surface area contributed by atoms with Crippen molar-refractivity contribution in [2.45, 2.75) is 4.90 Å². The van der Waals surface area contributed by atoms with Crippen LogP contribution in [0.2, 0.25) is 5.02 Å². The van der Waals surface area contributed by atoms with E-state index in [-0.39, 0.29) is 10.8 Å². The van der Waals surface area contributed by atoms with Crippen LogP contribution in [0, 0.1) is 0 Å². The highest BCUT2D eigenvalue weighted by atomic mass is 35.5. The van der Waals surface area contributed by atoms with E-state index in [1.807, 2.05) is 0 Å². The van der Waals surface area contributed by atoms with Crippen molar-refractivity contribution in [1.29, 1.82) is 0 Å². The Morgan fingerprint density at radius 3 is 2.46 bits per heavy atom. The van der Waals surface area contributed by atoms with E-state index >= 15 is 0 Å². The number of nitrogens with zero attached hydrogens (tertiary/aromatic N) is 2. The van der Waals surface area contributed by atoms with E-state index in [0.29, 0.717) is 15.4 Å². The lowest BCUT2D eigenvalue weighted by molar-refractivity contribution is 0.0998. The Kier molecular flexibility index (Phi) is 4.33. The zero-order chi connectivity index (χ0) is 17.5. The fraction of sp³-hybridized carbons (Fsp3) is 0.125. The van der Waals surface area contributed by atoms with Gasteiger partial charge in [0.15, 0.2) is 14.6 Å². The molecule has 1 aromatic heterocycles. The van der Waals surface area contributed by atoms with Crippen molar-refractivity contribution in [3.05, 3.63) is 57.9 Å². The number of aromatic nitrogens is 1. The average Bonchev–Trinajstić information content (AvgIpc) is 2.83. The Morgan fingerprint density at radius 2 is 1.83 bits per heavy atom. The van der Waals surface area contributed by atoms with E-state index in [4.69, 9.17) is 11.6 Å². The van der Waals surface area contributed by atoms with E-state index in [1.165, 1.54) is 11.3 Å². The van der Waals surface area contributed by atoms with Crippen LogP contribution in [-0.2, 0) is 16.9 Å². The third kappa shape index (κ3) is 3.28. The summed E-state index contributed by atoms with van der Waals surface area (Å²) in [5.74, 6) is -0.378. The number of thiazole rings is 1. The van der Waals surface area contributed by atoms with Crippen molar-refractivity contribution in [3.8, 4) is 0 Å². The molecule has 1 heterocycles. The van der Waals surface area contributed by atoms with Gasteiger partial charge in [-0.05, 0) is 42.5 Å². The number of halogens is 1. The first-order valence-electron chi connectivity index (χ1n) is 6.90. The molecular weight excluding hydrogens is 368 g/mol. The van der Waals surface area contributed by atoms with Crippen LogP contribution in [0.25, 0.3) is 10.2 Å². The van der Waals surface area contributed by atoms with E-state index < -0.39 is 9.84 Å². The molecule has 0 radical (unpaired) electrons. The third-order valence-corrected chi connectivity index (χ3v) is 5.95. The van der Waals surface area contributed by atoms with Gasteiger partial charge in [0, 0.05) is 23.9 Å². The molecule has 0 atom stereocenters. The van der Waals surface area contributed by atoms with Crippen LogP contribution in [0.3, 0.4) is 0 Å². The van der Waals surface area contributed by atoms with Crippen LogP contribution in [0.1, 0.15) is 10.4 Å². The van der Waals surface area contributed by atoms with Crippen LogP contribution in [-0.4, -0.2) is 25.1 Å². The van der Waals surface area contributed by atoms with Gasteiger partial charge >= 0.3 is 0 Å². The van der Waals surface area contributed by atoms with Crippen molar-refractivity contribution in [3.63, 3.8) is 0 Å². The molecule has 3 rings (SSSR count). The van der Waals surface area contributed by atoms with E-state index in [2.05, 4.69) is 4.99 Å². The summed E-state index contributed by atoms with van der Waals surface area (Å²) in [5.41, 5.74) is 1.25. The molecule has 0 fully saturated rings. The van der Waals surface area contributed by atoms with Gasteiger partial charge in [0.05, 0.1) is 15.1 Å². The summed E-state index contributed by atoms with van der Waals surface area (Å²) in [6.07, 6.45) is 1.16. The summed E-state index contributed by atoms with van der Waals surface area (Å²) in [5, 5.41) is 0.548. The maximum absolute atomic E-state index is 12.3. The Morgan fingerprint density at radius 1 is 1.17 bits per heavy atom. The normalized spacial score (nSPS) is 12.7. The van der Waals surface area contributed by atoms with Crippen molar-refractivity contribution in [2.75, 3.05) is 6.26 Å². The molecule has 0 bridgehead atoms. The molecule has 5 nitrogen and oxygen atoms in total. The van der Waals surface area contributed by atoms with Gasteiger partial charge in [-0.2, -0.15) is 4.99 Å². The van der Waals surface area contributed by atoms with Crippen molar-refractivity contribution >= 4 is 48.9 Å². The predicted octanol–water partition coefficient (Wildman–Crippen LogP) is 3.04. The molecule has 3 aromatic rings. The second-order valence-electron chi connectivity index (χ2n) is 5.27. The number of carbonyl (C=O) groups excluding carboxylic acids is 1. The van der Waals surface area contributed by atoms with Crippen LogP contribution < -0.4 is 4.80 Å². The largest absolute Gasteiger partial charge is 0.319 e. The third-order valence-electron chi connectivity index (χ3n) is 3.50. The quantitative estimate of drug-likeness (QED) is 0.686. The molecule has 1 amide bonds. The van der Waals surface area contributed by atoms with Gasteiger partial charge < -0.3 is 4.57 Å². The predicted molar refractivity (Wildman–Crippen MR) is 95.3 cm³/mol. The Hall–Kier alpha value is -1.96. The maximum atomic E-state index is 12.3. The monoisotopic (exact) mass is 380 g/mol. The van der Waals surface area contributed by atoms with Gasteiger partial charge in [-0.3, -0.25) is 4.79 Å². The van der Waals surface area contributed by atoms with Gasteiger partial charge in [0.25, 0.3) is 5.91 Å². The van der Waals surface area contributed by atoms with Crippen LogP contribution in [0.5, 0.6) is 0 Å². The first-order chi connectivity index (χ1) is 11.3. The topological polar surface area (TPSA) is 68.5 Å². The van der Waals surface area contributed by atoms with E-state index in [9.17, 15) is 13.2 Å². The van der Waals surface area contributed by atoms with Crippen LogP contribution in [0.4, 0.5) is 0 Å². The Bertz CT molecular complexity index is 1110. The number of benzene rings is 2. The standard InChI is InChI=1S/C16H13ClN2O3S2/c1-19-13-8-7-12(24(2,21)22)9-14(13)23-16(19)18-15(20)10-3-5-11(17)6-4-10/h3-9H,1-2H3. The lowest BCUT2D eigenvalue weighted by Gasteiger charge is -1.99. The molecule has 0 aliphatic carbocycles. The lowest BCUT2D eigenvalue weighted by atomic mass is 10.2. The molecule has 0 N–H and O–H groups in total. The Labute approximate surface area is 147 Å². The van der Waals surface area contributed by atoms with Crippen molar-refractivity contribution in [1.82, 2.24) is 4.57 Å². The van der Waals surface area contributed by atoms with E-state index in [0.717, 1.165) is 16.5 Å². The molecule has 0 aliphatic rings. The van der Waals surface area contributed by atoms with Gasteiger partial charge in [-0.25, -0.2) is 8.42 Å². The summed E-state index contributed by atoms with van der Waals surface area (Å²) in [6.45, 7) is 0. The fourth-order valence-corrected chi connectivity index (χ4v) is 4.10. The lowest BCUT2D eigenvalue weighted by Crippen LogP contribution is -2.13. The molecule has 0 aliphatic heterocycles. The second-order valence-corrected chi connectivity index (χ2v) is 8.73. The molecule has 0 saturated heterocycles. The smallest absolute Gasteiger partial charge is 0.279 e. The number of sulfone groups is 1. The molecule has 2 aromatic carbocycles. The van der Waals surface area contributed by atoms with Gasteiger partial charge in [0.1, 0.15) is 0 Å². The number of aryl methyl sites for hydroxylation is 1. The molecule has 124 valence electrons. The molecule has 0 unspecified atom stereocenters. The number of fused-ring (bicyclic) bond motifs is 1.